The number of thioether (sulfide) groups is 1. The molecule has 30 heteroatoms. The van der Waals surface area contributed by atoms with Crippen molar-refractivity contribution in [1.82, 2.24) is 40.4 Å². The Balaban J connectivity index is 0.000000420. The van der Waals surface area contributed by atoms with Crippen LogP contribution in [0.25, 0.3) is 0 Å². The van der Waals surface area contributed by atoms with Crippen LogP contribution >= 0.6 is 36.0 Å². The number of nitrogens with one attached hydrogen (secondary N) is 2. The van der Waals surface area contributed by atoms with Crippen LogP contribution in [0.2, 0.25) is 0 Å². The molecule has 0 aliphatic carbocycles. The number of hydrogen-bond donors (Lipinski definition) is 4. The van der Waals surface area contributed by atoms with Gasteiger partial charge in [-0.2, -0.15) is 12.6 Å². The number of methoxy groups -OCH3 is 4. The van der Waals surface area contributed by atoms with Crippen LogP contribution in [0.1, 0.15) is 124 Å². The first-order valence-electron chi connectivity index (χ1n) is 25.1. The molecule has 4 atom stereocenters. The van der Waals surface area contributed by atoms with Crippen LogP contribution in [-0.4, -0.2) is 195 Å². The fraction of sp³-hybridized carbons (Fsp3) is 0.375. The largest absolute Gasteiger partial charge is 0.478 e. The summed E-state index contributed by atoms with van der Waals surface area (Å²) in [5.74, 6) is -4.15. The molecule has 86 heavy (non-hydrogen) atoms. The number of carbonyl (C=O) groups excluding carboxylic acids is 10. The summed E-state index contributed by atoms with van der Waals surface area (Å²) in [6, 6.07) is 10.5. The molecule has 6 rings (SSSR count). The second-order valence-corrected chi connectivity index (χ2v) is 20.7. The highest BCUT2D eigenvalue weighted by molar-refractivity contribution is 8.13. The summed E-state index contributed by atoms with van der Waals surface area (Å²) in [4.78, 5) is 145. The van der Waals surface area contributed by atoms with Crippen molar-refractivity contribution >= 4 is 100 Å². The maximum Gasteiger partial charge on any atom is 0.410 e. The maximum absolute atomic E-state index is 12.5. The lowest BCUT2D eigenvalue weighted by molar-refractivity contribution is 0.0585. The van der Waals surface area contributed by atoms with Gasteiger partial charge < -0.3 is 58.7 Å². The summed E-state index contributed by atoms with van der Waals surface area (Å²) in [7, 11) is 4.99. The van der Waals surface area contributed by atoms with Gasteiger partial charge in [-0.25, -0.2) is 58.3 Å². The molecule has 2 fully saturated rings. The molecular formula is C56H67ClN8O19S2. The zero-order valence-corrected chi connectivity index (χ0v) is 49.6. The number of halogens is 1. The molecule has 0 saturated carbocycles. The molecule has 3 N–H and O–H groups in total. The number of carboxylic acids is 1. The van der Waals surface area contributed by atoms with E-state index in [2.05, 4.69) is 75.3 Å². The number of amides is 4. The third kappa shape index (κ3) is 24.3. The summed E-state index contributed by atoms with van der Waals surface area (Å²) in [5, 5.41) is 12.8. The number of thiol groups is 1. The van der Waals surface area contributed by atoms with Gasteiger partial charge in [0.15, 0.2) is 0 Å². The first-order valence-corrected chi connectivity index (χ1v) is 26.9. The van der Waals surface area contributed by atoms with Crippen LogP contribution in [0, 0.1) is 0 Å². The highest BCUT2D eigenvalue weighted by atomic mass is 35.5. The van der Waals surface area contributed by atoms with Crippen molar-refractivity contribution < 1.29 is 91.0 Å². The van der Waals surface area contributed by atoms with Crippen molar-refractivity contribution in [1.29, 1.82) is 0 Å². The van der Waals surface area contributed by atoms with Crippen molar-refractivity contribution in [2.45, 2.75) is 69.2 Å². The second-order valence-electron chi connectivity index (χ2n) is 18.4. The van der Waals surface area contributed by atoms with E-state index in [0.29, 0.717) is 24.9 Å². The van der Waals surface area contributed by atoms with Gasteiger partial charge in [0.05, 0.1) is 62.8 Å². The topological polar surface area (TPSA) is 355 Å². The smallest absolute Gasteiger partial charge is 0.410 e. The quantitative estimate of drug-likeness (QED) is 0.0278. The first kappa shape index (κ1) is 73.1. The Kier molecular flexibility index (Phi) is 31.2. The fourth-order valence-corrected chi connectivity index (χ4v) is 8.79. The molecule has 0 radical (unpaired) electrons. The molecule has 464 valence electrons. The van der Waals surface area contributed by atoms with Crippen LogP contribution in [-0.2, 0) is 33.2 Å². The molecule has 6 heterocycles. The van der Waals surface area contributed by atoms with Crippen molar-refractivity contribution in [2.75, 3.05) is 67.8 Å². The zero-order valence-electron chi connectivity index (χ0n) is 47.2. The second kappa shape index (κ2) is 36.7. The molecule has 2 aliphatic rings. The third-order valence-electron chi connectivity index (χ3n) is 11.2. The molecule has 2 aliphatic heterocycles. The Bertz CT molecular complexity index is 2940. The van der Waals surface area contributed by atoms with E-state index in [0.717, 1.165) is 18.0 Å². The summed E-state index contributed by atoms with van der Waals surface area (Å²) < 4.78 is 33.5. The number of aromatic carboxylic acids is 1. The number of likely N-dealkylation sites (tertiary alicyclic amines) is 2. The van der Waals surface area contributed by atoms with Crippen LogP contribution in [0.5, 0.6) is 0 Å². The molecule has 0 spiro atoms. The molecule has 0 bridgehead atoms. The standard InChI is InChI=1S/C22H29N3O7S.C17H21N3O5S.C8H6ClNO3.C8H7NO4.CH4/c1-6-9-31-20(28)25-13-16(33-21(29)32-22(2,3)4)10-15(25)12-24-18(26)14-7-8-17(23-11-14)19(27)30-5;1-3-6-25-17(23)20-10-13(26)7-12(20)9-19-15(21)11-4-5-14(18-8-11)16(22)24-2;1-13-8(12)6-3-2-5(4-10-6)7(9)11;1-13-8(12)6-3-2-5(4-9-6)7(10)11;/h6-8,11,15-16H,1,9-10,12-13H2,2-5H3,(H,24,26);3-5,8,12-13,26H,1,6-7,9-10H2,2H3,(H,19,21);2-4H,1H3;2-4H,1H3,(H,10,11);1H4/t15-,16-;12-,13-;;;/m00.../s1. The minimum atomic E-state index is -1.08. The van der Waals surface area contributed by atoms with E-state index in [1.54, 1.807) is 25.7 Å². The van der Waals surface area contributed by atoms with Gasteiger partial charge >= 0.3 is 47.3 Å². The summed E-state index contributed by atoms with van der Waals surface area (Å²) in [6.07, 6.45) is 7.96. The van der Waals surface area contributed by atoms with Crippen LogP contribution in [0.15, 0.2) is 98.6 Å². The van der Waals surface area contributed by atoms with Crippen molar-refractivity contribution in [3.63, 3.8) is 0 Å². The first-order chi connectivity index (χ1) is 40.3. The van der Waals surface area contributed by atoms with E-state index < -0.39 is 64.1 Å². The average molecular weight is 1260 g/mol. The van der Waals surface area contributed by atoms with Gasteiger partial charge in [-0.05, 0) is 106 Å². The lowest BCUT2D eigenvalue weighted by atomic mass is 10.2. The molecule has 0 aromatic carbocycles. The minimum Gasteiger partial charge on any atom is -0.478 e. The van der Waals surface area contributed by atoms with Gasteiger partial charge in [0, 0.05) is 61.5 Å². The van der Waals surface area contributed by atoms with Crippen molar-refractivity contribution in [3.8, 4) is 0 Å². The number of carbonyl (C=O) groups is 11. The number of rotatable bonds is 17. The number of aromatic nitrogens is 4. The fourth-order valence-electron chi connectivity index (χ4n) is 7.13. The van der Waals surface area contributed by atoms with Crippen LogP contribution < -0.4 is 10.6 Å². The lowest BCUT2D eigenvalue weighted by Crippen LogP contribution is -2.43. The molecule has 4 aromatic heterocycles. The average Bonchev–Trinajstić information content (AvgIpc) is 2.96. The number of esters is 4. The Morgan fingerprint density at radius 3 is 1.30 bits per heavy atom. The van der Waals surface area contributed by atoms with Gasteiger partial charge in [-0.15, -0.1) is 0 Å². The maximum atomic E-state index is 12.5. The lowest BCUT2D eigenvalue weighted by Gasteiger charge is -2.24. The van der Waals surface area contributed by atoms with E-state index in [1.165, 1.54) is 113 Å². The SMILES string of the molecule is C.C=CCOC(=O)N1C[C@@H](S)C[C@H]1CNC(=O)c1ccc(C(=O)OC)nc1.C=CCOC(=O)N1C[C@@H](SC(=O)OC(C)(C)C)C[C@H]1CNC(=O)c1ccc(C(=O)OC)nc1.COC(=O)c1ccc(C(=O)Cl)cn1.COC(=O)c1ccc(C(=O)O)cn1. The van der Waals surface area contributed by atoms with Crippen LogP contribution in [0.3, 0.4) is 0 Å². The zero-order chi connectivity index (χ0) is 63.4. The van der Waals surface area contributed by atoms with Crippen molar-refractivity contribution in [3.05, 3.63) is 144 Å². The third-order valence-corrected chi connectivity index (χ3v) is 12.7. The highest BCUT2D eigenvalue weighted by Crippen LogP contribution is 2.31. The van der Waals surface area contributed by atoms with E-state index in [-0.39, 0.29) is 108 Å². The highest BCUT2D eigenvalue weighted by Gasteiger charge is 2.39. The number of nitrogens with zero attached hydrogens (tertiary/aromatic N) is 6. The number of hydrogen-bond acceptors (Lipinski definition) is 24. The van der Waals surface area contributed by atoms with Gasteiger partial charge in [0.2, 0.25) is 0 Å². The Hall–Kier alpha value is -8.96. The summed E-state index contributed by atoms with van der Waals surface area (Å²) >= 11 is 10.6. The summed E-state index contributed by atoms with van der Waals surface area (Å²) in [5.41, 5.74) is 0.659. The van der Waals surface area contributed by atoms with E-state index in [1.807, 2.05) is 0 Å². The molecule has 4 amide bonds. The Morgan fingerprint density at radius 2 is 0.977 bits per heavy atom. The molecule has 4 aromatic rings. The molecular weight excluding hydrogens is 1190 g/mol. The molecule has 0 unspecified atom stereocenters. The Morgan fingerprint density at radius 1 is 0.616 bits per heavy atom. The van der Waals surface area contributed by atoms with E-state index in [4.69, 9.17) is 30.9 Å². The number of pyridine rings is 4. The number of carboxylic acid groups (broad SMARTS) is 1. The van der Waals surface area contributed by atoms with E-state index >= 15 is 0 Å². The minimum absolute atomic E-state index is 0. The normalized spacial score (nSPS) is 15.4. The van der Waals surface area contributed by atoms with Gasteiger partial charge in [0.1, 0.15) is 41.6 Å². The predicted octanol–water partition coefficient (Wildman–Crippen LogP) is 6.77. The van der Waals surface area contributed by atoms with E-state index in [9.17, 15) is 52.7 Å². The Labute approximate surface area is 510 Å². The molecule has 27 nitrogen and oxygen atoms in total. The summed E-state index contributed by atoms with van der Waals surface area (Å²) in [6.45, 7) is 13.7. The van der Waals surface area contributed by atoms with Gasteiger partial charge in [0.25, 0.3) is 17.1 Å². The number of ether oxygens (including phenoxy) is 7. The van der Waals surface area contributed by atoms with Gasteiger partial charge in [-0.1, -0.05) is 32.7 Å². The monoisotopic (exact) mass is 1250 g/mol. The van der Waals surface area contributed by atoms with Crippen LogP contribution in [0.4, 0.5) is 14.4 Å². The van der Waals surface area contributed by atoms with Gasteiger partial charge in [-0.3, -0.25) is 14.4 Å². The van der Waals surface area contributed by atoms with Crippen molar-refractivity contribution in [2.24, 2.45) is 0 Å². The molecule has 2 saturated heterocycles. The predicted molar refractivity (Wildman–Crippen MR) is 315 cm³/mol.